The minimum Gasteiger partial charge on any atom is -0.467 e. The van der Waals surface area contributed by atoms with Gasteiger partial charge in [-0.25, -0.2) is 4.79 Å². The molecule has 0 aromatic carbocycles. The summed E-state index contributed by atoms with van der Waals surface area (Å²) in [4.78, 5) is 36.1. The molecule has 23 heavy (non-hydrogen) atoms. The van der Waals surface area contributed by atoms with Gasteiger partial charge in [0.25, 0.3) is 0 Å². The molecule has 0 saturated heterocycles. The van der Waals surface area contributed by atoms with E-state index in [1.54, 1.807) is 24.6 Å². The molecule has 0 aromatic heterocycles. The van der Waals surface area contributed by atoms with Crippen LogP contribution in [-0.4, -0.2) is 42.3 Å². The molecule has 0 radical (unpaired) electrons. The highest BCUT2D eigenvalue weighted by atomic mass is 33.1. The van der Waals surface area contributed by atoms with Crippen molar-refractivity contribution in [3.05, 3.63) is 0 Å². The van der Waals surface area contributed by atoms with E-state index in [4.69, 9.17) is 4.74 Å². The van der Waals surface area contributed by atoms with Crippen LogP contribution in [0.1, 0.15) is 48.0 Å². The van der Waals surface area contributed by atoms with Gasteiger partial charge in [0.05, 0.1) is 7.11 Å². The molecule has 1 atom stereocenters. The van der Waals surface area contributed by atoms with Crippen molar-refractivity contribution >= 4 is 39.2 Å². The van der Waals surface area contributed by atoms with Crippen LogP contribution in [0.4, 0.5) is 0 Å². The van der Waals surface area contributed by atoms with E-state index in [0.717, 1.165) is 5.75 Å². The van der Waals surface area contributed by atoms with Crippen LogP contribution >= 0.6 is 21.6 Å². The Morgan fingerprint density at radius 1 is 1.09 bits per heavy atom. The summed E-state index contributed by atoms with van der Waals surface area (Å²) in [5, 5.41) is 2.77. The molecule has 0 aliphatic carbocycles. The van der Waals surface area contributed by atoms with E-state index >= 15 is 0 Å². The molecule has 0 heterocycles. The topological polar surface area (TPSA) is 72.5 Å². The molecule has 1 N–H and O–H groups in total. The first-order chi connectivity index (χ1) is 10.5. The number of carbonyl (C=O) groups is 3. The molecule has 0 fully saturated rings. The van der Waals surface area contributed by atoms with E-state index < -0.39 is 22.8 Å². The van der Waals surface area contributed by atoms with E-state index in [9.17, 15) is 14.4 Å². The quantitative estimate of drug-likeness (QED) is 0.365. The van der Waals surface area contributed by atoms with Crippen LogP contribution in [0.25, 0.3) is 0 Å². The molecule has 1 amide bonds. The molecule has 0 spiro atoms. The number of hydrogen-bond acceptors (Lipinski definition) is 6. The van der Waals surface area contributed by atoms with Gasteiger partial charge in [0.15, 0.2) is 0 Å². The number of ether oxygens (including phenoxy) is 1. The summed E-state index contributed by atoms with van der Waals surface area (Å²) < 4.78 is 4.77. The lowest BCUT2D eigenvalue weighted by Gasteiger charge is -2.33. The molecule has 0 aliphatic heterocycles. The van der Waals surface area contributed by atoms with Crippen LogP contribution in [-0.2, 0) is 19.1 Å². The lowest BCUT2D eigenvalue weighted by atomic mass is 9.72. The van der Waals surface area contributed by atoms with Crippen molar-refractivity contribution in [2.24, 2.45) is 10.8 Å². The van der Waals surface area contributed by atoms with E-state index in [-0.39, 0.29) is 11.7 Å². The van der Waals surface area contributed by atoms with Crippen LogP contribution in [0, 0.1) is 10.8 Å². The van der Waals surface area contributed by atoms with Crippen molar-refractivity contribution < 1.29 is 19.1 Å². The van der Waals surface area contributed by atoms with Gasteiger partial charge in [-0.2, -0.15) is 0 Å². The molecule has 0 aliphatic rings. The zero-order valence-corrected chi connectivity index (χ0v) is 16.8. The highest BCUT2D eigenvalue weighted by Crippen LogP contribution is 2.34. The molecule has 0 bridgehead atoms. The van der Waals surface area contributed by atoms with Gasteiger partial charge in [0.2, 0.25) is 5.91 Å². The Hall–Kier alpha value is -0.690. The van der Waals surface area contributed by atoms with Gasteiger partial charge in [0, 0.05) is 22.3 Å². The van der Waals surface area contributed by atoms with E-state index in [2.05, 4.69) is 5.32 Å². The second-order valence-corrected chi connectivity index (χ2v) is 9.54. The molecular formula is C16H29NO4S2. The first kappa shape index (κ1) is 22.3. The number of carbonyl (C=O) groups excluding carboxylic acids is 3. The Morgan fingerprint density at radius 2 is 1.65 bits per heavy atom. The third kappa shape index (κ3) is 7.61. The lowest BCUT2D eigenvalue weighted by Crippen LogP contribution is -2.49. The number of ketones is 1. The Labute approximate surface area is 147 Å². The maximum Gasteiger partial charge on any atom is 0.329 e. The minimum atomic E-state index is -0.760. The second kappa shape index (κ2) is 9.57. The van der Waals surface area contributed by atoms with Crippen LogP contribution in [0.3, 0.4) is 0 Å². The van der Waals surface area contributed by atoms with Crippen LogP contribution in [0.5, 0.6) is 0 Å². The average Bonchev–Trinajstić information content (AvgIpc) is 2.44. The third-order valence-corrected chi connectivity index (χ3v) is 6.17. The zero-order valence-electron chi connectivity index (χ0n) is 15.1. The van der Waals surface area contributed by atoms with Crippen LogP contribution in [0.15, 0.2) is 0 Å². The third-order valence-electron chi connectivity index (χ3n) is 3.68. The summed E-state index contributed by atoms with van der Waals surface area (Å²) in [7, 11) is 4.46. The van der Waals surface area contributed by atoms with Crippen molar-refractivity contribution in [2.75, 3.05) is 18.6 Å². The molecule has 5 nitrogen and oxygen atoms in total. The maximum absolute atomic E-state index is 12.6. The van der Waals surface area contributed by atoms with Crippen LogP contribution < -0.4 is 5.32 Å². The van der Waals surface area contributed by atoms with Gasteiger partial charge in [-0.1, -0.05) is 56.2 Å². The number of Topliss-reactive ketones (excluding diaryl/α,β-unsaturated/α-hetero) is 1. The monoisotopic (exact) mass is 363 g/mol. The summed E-state index contributed by atoms with van der Waals surface area (Å²) in [6, 6.07) is -0.684. The Bertz CT molecular complexity index is 436. The SMILES string of the molecule is CCSSCC(NC(=O)C(C)(C)CC(C)(C)C(C)=O)C(=O)OC. The first-order valence-corrected chi connectivity index (χ1v) is 10.1. The summed E-state index contributed by atoms with van der Waals surface area (Å²) in [6.07, 6.45) is 0.409. The van der Waals surface area contributed by atoms with Crippen molar-refractivity contribution in [1.82, 2.24) is 5.32 Å². The van der Waals surface area contributed by atoms with Crippen molar-refractivity contribution in [2.45, 2.75) is 54.0 Å². The lowest BCUT2D eigenvalue weighted by molar-refractivity contribution is -0.146. The maximum atomic E-state index is 12.6. The molecule has 0 aromatic rings. The smallest absolute Gasteiger partial charge is 0.329 e. The van der Waals surface area contributed by atoms with Gasteiger partial charge in [-0.3, -0.25) is 9.59 Å². The van der Waals surface area contributed by atoms with Gasteiger partial charge >= 0.3 is 5.97 Å². The fraction of sp³-hybridized carbons (Fsp3) is 0.812. The van der Waals surface area contributed by atoms with Crippen LogP contribution in [0.2, 0.25) is 0 Å². The molecule has 7 heteroatoms. The number of esters is 1. The number of methoxy groups -OCH3 is 1. The molecule has 134 valence electrons. The zero-order chi connectivity index (χ0) is 18.3. The van der Waals surface area contributed by atoms with Crippen molar-refractivity contribution in [1.29, 1.82) is 0 Å². The highest BCUT2D eigenvalue weighted by Gasteiger charge is 2.38. The fourth-order valence-electron chi connectivity index (χ4n) is 2.17. The highest BCUT2D eigenvalue weighted by molar-refractivity contribution is 8.76. The number of rotatable bonds is 10. The molecule has 1 unspecified atom stereocenters. The van der Waals surface area contributed by atoms with Gasteiger partial charge in [-0.15, -0.1) is 0 Å². The Balaban J connectivity index is 4.94. The van der Waals surface area contributed by atoms with Crippen molar-refractivity contribution in [3.8, 4) is 0 Å². The Kier molecular flexibility index (Phi) is 9.28. The summed E-state index contributed by atoms with van der Waals surface area (Å²) >= 11 is 0. The first-order valence-electron chi connectivity index (χ1n) is 7.62. The predicted molar refractivity (Wildman–Crippen MR) is 97.4 cm³/mol. The minimum absolute atomic E-state index is 0.0396. The van der Waals surface area contributed by atoms with Crippen molar-refractivity contribution in [3.63, 3.8) is 0 Å². The summed E-state index contributed by atoms with van der Waals surface area (Å²) in [6.45, 7) is 10.8. The standard InChI is InChI=1S/C16H29NO4S2/c1-8-22-23-9-12(13(19)21-7)17-14(20)16(5,6)10-15(3,4)11(2)18/h12H,8-10H2,1-7H3,(H,17,20). The summed E-state index contributed by atoms with van der Waals surface area (Å²) in [5.74, 6) is 0.708. The van der Waals surface area contributed by atoms with Gasteiger partial charge in [0.1, 0.15) is 11.8 Å². The molecule has 0 rings (SSSR count). The normalized spacial score (nSPS) is 13.3. The van der Waals surface area contributed by atoms with Gasteiger partial charge < -0.3 is 10.1 Å². The predicted octanol–water partition coefficient (Wildman–Crippen LogP) is 3.08. The fourth-order valence-corrected chi connectivity index (χ4v) is 3.99. The number of nitrogens with one attached hydrogen (secondary N) is 1. The molecular weight excluding hydrogens is 334 g/mol. The second-order valence-electron chi connectivity index (χ2n) is 6.74. The number of amides is 1. The largest absolute Gasteiger partial charge is 0.467 e. The summed E-state index contributed by atoms with van der Waals surface area (Å²) in [5.41, 5.74) is -1.35. The van der Waals surface area contributed by atoms with E-state index in [1.807, 2.05) is 20.8 Å². The van der Waals surface area contributed by atoms with E-state index in [0.29, 0.717) is 12.2 Å². The average molecular weight is 364 g/mol. The Morgan fingerprint density at radius 3 is 2.09 bits per heavy atom. The number of hydrogen-bond donors (Lipinski definition) is 1. The van der Waals surface area contributed by atoms with Gasteiger partial charge in [-0.05, 0) is 13.3 Å². The molecule has 0 saturated carbocycles. The van der Waals surface area contributed by atoms with E-state index in [1.165, 1.54) is 24.8 Å².